The van der Waals surface area contributed by atoms with Crippen LogP contribution in [0.5, 0.6) is 11.5 Å². The van der Waals surface area contributed by atoms with Gasteiger partial charge in [-0.2, -0.15) is 0 Å². The highest BCUT2D eigenvalue weighted by Crippen LogP contribution is 2.32. The van der Waals surface area contributed by atoms with Gasteiger partial charge in [-0.1, -0.05) is 41.9 Å². The smallest absolute Gasteiger partial charge is 0.271 e. The minimum Gasteiger partial charge on any atom is -0.493 e. The highest BCUT2D eigenvalue weighted by Gasteiger charge is 2.12. The summed E-state index contributed by atoms with van der Waals surface area (Å²) in [5, 5.41) is 17.5. The number of hydrogen-bond donors (Lipinski definition) is 2. The van der Waals surface area contributed by atoms with Crippen molar-refractivity contribution < 1.29 is 18.8 Å². The van der Waals surface area contributed by atoms with Crippen molar-refractivity contribution in [3.8, 4) is 11.5 Å². The van der Waals surface area contributed by atoms with Crippen LogP contribution >= 0.6 is 24.0 Å². The molecule has 0 saturated heterocycles. The van der Waals surface area contributed by atoms with Crippen LogP contribution in [0.3, 0.4) is 0 Å². The van der Waals surface area contributed by atoms with Crippen LogP contribution in [0.1, 0.15) is 11.1 Å². The summed E-state index contributed by atoms with van der Waals surface area (Å²) in [5.74, 6) is 0.798. The Morgan fingerprint density at radius 1 is 1.06 bits per heavy atom. The van der Waals surface area contributed by atoms with Gasteiger partial charge in [0.25, 0.3) is 5.69 Å². The third-order valence-corrected chi connectivity index (χ3v) is 5.02. The molecule has 3 aromatic rings. The van der Waals surface area contributed by atoms with Crippen molar-refractivity contribution in [3.05, 3.63) is 92.7 Å². The summed E-state index contributed by atoms with van der Waals surface area (Å²) in [6.07, 6.45) is 0. The van der Waals surface area contributed by atoms with Crippen molar-refractivity contribution in [2.45, 2.75) is 13.2 Å². The zero-order valence-electron chi connectivity index (χ0n) is 17.8. The summed E-state index contributed by atoms with van der Waals surface area (Å²) in [6, 6.07) is 16.3. The molecule has 0 aliphatic carbocycles. The quantitative estimate of drug-likeness (QED) is 0.204. The summed E-state index contributed by atoms with van der Waals surface area (Å²) >= 11 is 6.09. The number of para-hydroxylation sites is 1. The van der Waals surface area contributed by atoms with Gasteiger partial charge in [0.1, 0.15) is 12.4 Å². The first-order valence-corrected chi connectivity index (χ1v) is 10.3. The van der Waals surface area contributed by atoms with E-state index in [0.717, 1.165) is 5.56 Å². The lowest BCUT2D eigenvalue weighted by molar-refractivity contribution is -0.384. The fourth-order valence-corrected chi connectivity index (χ4v) is 3.30. The van der Waals surface area contributed by atoms with Gasteiger partial charge in [0.15, 0.2) is 11.5 Å². The molecule has 7 nitrogen and oxygen atoms in total. The summed E-state index contributed by atoms with van der Waals surface area (Å²) < 4.78 is 25.2. The molecular formula is C23H24Cl2FN3O4. The Morgan fingerprint density at radius 2 is 1.82 bits per heavy atom. The van der Waals surface area contributed by atoms with Gasteiger partial charge in [-0.15, -0.1) is 12.4 Å². The predicted octanol–water partition coefficient (Wildman–Crippen LogP) is 5.60. The number of nitrogens with zero attached hydrogens (tertiary/aromatic N) is 1. The molecular weight excluding hydrogens is 472 g/mol. The molecule has 0 saturated carbocycles. The van der Waals surface area contributed by atoms with Gasteiger partial charge in [-0.05, 0) is 18.2 Å². The van der Waals surface area contributed by atoms with Gasteiger partial charge in [-0.3, -0.25) is 10.1 Å². The lowest BCUT2D eigenvalue weighted by Crippen LogP contribution is -2.22. The average molecular weight is 496 g/mol. The van der Waals surface area contributed by atoms with E-state index >= 15 is 0 Å². The molecule has 0 unspecified atom stereocenters. The summed E-state index contributed by atoms with van der Waals surface area (Å²) in [4.78, 5) is 10.3. The molecule has 0 spiro atoms. The number of nitrogens with one attached hydrogen (secondary N) is 2. The largest absolute Gasteiger partial charge is 0.493 e. The van der Waals surface area contributed by atoms with E-state index in [2.05, 4.69) is 10.6 Å². The lowest BCUT2D eigenvalue weighted by atomic mass is 10.1. The number of halogens is 3. The summed E-state index contributed by atoms with van der Waals surface area (Å²) in [6.45, 7) is 1.73. The first kappa shape index (κ1) is 26.2. The Balaban J connectivity index is 0.00000385. The van der Waals surface area contributed by atoms with E-state index in [-0.39, 0.29) is 35.5 Å². The minimum absolute atomic E-state index is 0. The van der Waals surface area contributed by atoms with Crippen molar-refractivity contribution in [2.75, 3.05) is 25.5 Å². The Kier molecular flexibility index (Phi) is 10.2. The molecule has 2 N–H and O–H groups in total. The number of methoxy groups -OCH3 is 1. The molecule has 3 rings (SSSR count). The van der Waals surface area contributed by atoms with E-state index in [1.807, 2.05) is 12.1 Å². The Hall–Kier alpha value is -3.07. The van der Waals surface area contributed by atoms with Crippen molar-refractivity contribution in [3.63, 3.8) is 0 Å². The fraction of sp³-hybridized carbons (Fsp3) is 0.217. The number of anilines is 1. The lowest BCUT2D eigenvalue weighted by Gasteiger charge is -2.16. The zero-order chi connectivity index (χ0) is 22.9. The number of hydrogen-bond acceptors (Lipinski definition) is 6. The van der Waals surface area contributed by atoms with Gasteiger partial charge in [0.2, 0.25) is 0 Å². The van der Waals surface area contributed by atoms with E-state index < -0.39 is 4.92 Å². The average Bonchev–Trinajstić information content (AvgIpc) is 2.79. The van der Waals surface area contributed by atoms with Crippen LogP contribution in [0.4, 0.5) is 15.8 Å². The number of non-ortho nitro benzene ring substituents is 1. The number of benzene rings is 3. The molecule has 0 atom stereocenters. The fourth-order valence-electron chi connectivity index (χ4n) is 3.06. The van der Waals surface area contributed by atoms with Crippen molar-refractivity contribution >= 4 is 35.4 Å². The number of nitro benzene ring substituents is 1. The maximum absolute atomic E-state index is 13.9. The van der Waals surface area contributed by atoms with Gasteiger partial charge in [0.05, 0.1) is 22.7 Å². The highest BCUT2D eigenvalue weighted by molar-refractivity contribution is 6.33. The van der Waals surface area contributed by atoms with Crippen LogP contribution in [0.2, 0.25) is 5.02 Å². The number of nitro groups is 1. The highest BCUT2D eigenvalue weighted by atomic mass is 35.5. The molecule has 0 aliphatic rings. The Morgan fingerprint density at radius 3 is 2.52 bits per heavy atom. The SMILES string of the molecule is COc1cccc(CNCCNc2ccc([N+](=O)[O-])cc2Cl)c1OCc1ccccc1F.Cl. The maximum Gasteiger partial charge on any atom is 0.271 e. The van der Waals surface area contributed by atoms with Gasteiger partial charge in [0, 0.05) is 42.9 Å². The molecule has 176 valence electrons. The van der Waals surface area contributed by atoms with Gasteiger partial charge < -0.3 is 20.1 Å². The molecule has 33 heavy (non-hydrogen) atoms. The third kappa shape index (κ3) is 7.21. The van der Waals surface area contributed by atoms with E-state index in [9.17, 15) is 14.5 Å². The van der Waals surface area contributed by atoms with E-state index in [0.29, 0.717) is 42.4 Å². The third-order valence-electron chi connectivity index (χ3n) is 4.71. The second-order valence-corrected chi connectivity index (χ2v) is 7.26. The molecule has 0 heterocycles. The first-order chi connectivity index (χ1) is 15.5. The molecule has 0 radical (unpaired) electrons. The monoisotopic (exact) mass is 495 g/mol. The molecule has 0 bridgehead atoms. The topological polar surface area (TPSA) is 85.7 Å². The van der Waals surface area contributed by atoms with E-state index in [1.165, 1.54) is 18.2 Å². The van der Waals surface area contributed by atoms with Gasteiger partial charge in [-0.25, -0.2) is 4.39 Å². The molecule has 3 aromatic carbocycles. The van der Waals surface area contributed by atoms with Crippen LogP contribution in [0, 0.1) is 15.9 Å². The Bertz CT molecular complexity index is 1090. The second kappa shape index (κ2) is 12.8. The summed E-state index contributed by atoms with van der Waals surface area (Å²) in [5.41, 5.74) is 1.89. The number of rotatable bonds is 11. The van der Waals surface area contributed by atoms with E-state index in [4.69, 9.17) is 21.1 Å². The second-order valence-electron chi connectivity index (χ2n) is 6.85. The van der Waals surface area contributed by atoms with Crippen LogP contribution in [-0.2, 0) is 13.2 Å². The van der Waals surface area contributed by atoms with E-state index in [1.54, 1.807) is 37.4 Å². The molecule has 0 aliphatic heterocycles. The Labute approximate surface area is 202 Å². The minimum atomic E-state index is -0.489. The first-order valence-electron chi connectivity index (χ1n) is 9.90. The molecule has 10 heteroatoms. The van der Waals surface area contributed by atoms with Crippen LogP contribution in [0.15, 0.2) is 60.7 Å². The van der Waals surface area contributed by atoms with Crippen molar-refractivity contribution in [2.24, 2.45) is 0 Å². The predicted molar refractivity (Wildman–Crippen MR) is 129 cm³/mol. The van der Waals surface area contributed by atoms with Crippen LogP contribution in [-0.4, -0.2) is 25.1 Å². The van der Waals surface area contributed by atoms with Crippen LogP contribution < -0.4 is 20.1 Å². The molecule has 0 amide bonds. The maximum atomic E-state index is 13.9. The van der Waals surface area contributed by atoms with Crippen LogP contribution in [0.25, 0.3) is 0 Å². The van der Waals surface area contributed by atoms with Crippen molar-refractivity contribution in [1.82, 2.24) is 5.32 Å². The molecule has 0 fully saturated rings. The number of ether oxygens (including phenoxy) is 2. The molecule has 0 aromatic heterocycles. The summed E-state index contributed by atoms with van der Waals surface area (Å²) in [7, 11) is 1.56. The zero-order valence-corrected chi connectivity index (χ0v) is 19.4. The van der Waals surface area contributed by atoms with Gasteiger partial charge >= 0.3 is 0 Å². The standard InChI is InChI=1S/C23H23ClFN3O4.ClH/c1-31-22-8-4-6-16(23(22)32-15-17-5-2-3-7-20(17)25)14-26-11-12-27-21-10-9-18(28(29)30)13-19(21)24;/h2-10,13,26-27H,11-12,14-15H2,1H3;1H. The van der Waals surface area contributed by atoms with Crippen molar-refractivity contribution in [1.29, 1.82) is 0 Å². The normalized spacial score (nSPS) is 10.3.